The number of aromatic nitrogens is 1. The summed E-state index contributed by atoms with van der Waals surface area (Å²) < 4.78 is 0. The predicted molar refractivity (Wildman–Crippen MR) is 103 cm³/mol. The molecular weight excluding hydrogens is 332 g/mol. The van der Waals surface area contributed by atoms with E-state index in [-0.39, 0.29) is 5.91 Å². The minimum atomic E-state index is 0.0840. The molecule has 0 saturated carbocycles. The summed E-state index contributed by atoms with van der Waals surface area (Å²) in [5.41, 5.74) is 3.31. The molecule has 1 aliphatic rings. The molecule has 25 heavy (non-hydrogen) atoms. The number of rotatable bonds is 5. The summed E-state index contributed by atoms with van der Waals surface area (Å²) in [6.45, 7) is 5.49. The molecule has 0 atom stereocenters. The molecule has 1 aliphatic heterocycles. The van der Waals surface area contributed by atoms with Crippen LogP contribution in [-0.2, 0) is 17.8 Å². The van der Waals surface area contributed by atoms with Crippen molar-refractivity contribution in [1.29, 1.82) is 0 Å². The third-order valence-corrected chi connectivity index (χ3v) is 5.50. The zero-order chi connectivity index (χ0) is 17.8. The first kappa shape index (κ1) is 18.0. The smallest absolute Gasteiger partial charge is 0.228 e. The molecule has 1 aromatic heterocycles. The van der Waals surface area contributed by atoms with Crippen molar-refractivity contribution in [3.8, 4) is 10.6 Å². The number of hydrogen-bond donors (Lipinski definition) is 0. The molecular formula is C19H26N4OS. The number of hydrogen-bond acceptors (Lipinski definition) is 5. The van der Waals surface area contributed by atoms with Gasteiger partial charge in [0.05, 0.1) is 12.1 Å². The molecule has 0 unspecified atom stereocenters. The van der Waals surface area contributed by atoms with Gasteiger partial charge in [-0.25, -0.2) is 4.98 Å². The highest BCUT2D eigenvalue weighted by Gasteiger charge is 2.15. The SMILES string of the molecule is CN1CCN(Cc2cccc(-c3nc(CC(=O)N(C)C)cs3)c2)CC1. The normalized spacial score (nSPS) is 16.1. The lowest BCUT2D eigenvalue weighted by Crippen LogP contribution is -2.43. The van der Waals surface area contributed by atoms with Crippen molar-refractivity contribution >= 4 is 17.2 Å². The number of piperazine rings is 1. The lowest BCUT2D eigenvalue weighted by molar-refractivity contribution is -0.128. The second-order valence-corrected chi connectivity index (χ2v) is 7.75. The number of thiazole rings is 1. The van der Waals surface area contributed by atoms with E-state index >= 15 is 0 Å². The van der Waals surface area contributed by atoms with E-state index in [1.165, 1.54) is 5.56 Å². The molecule has 5 nitrogen and oxygen atoms in total. The van der Waals surface area contributed by atoms with Crippen molar-refractivity contribution in [3.05, 3.63) is 40.9 Å². The minimum absolute atomic E-state index is 0.0840. The number of amides is 1. The number of likely N-dealkylation sites (N-methyl/N-ethyl adjacent to an activating group) is 2. The van der Waals surface area contributed by atoms with Gasteiger partial charge in [-0.15, -0.1) is 11.3 Å². The molecule has 0 radical (unpaired) electrons. The van der Waals surface area contributed by atoms with Gasteiger partial charge in [0.2, 0.25) is 5.91 Å². The lowest BCUT2D eigenvalue weighted by Gasteiger charge is -2.32. The standard InChI is InChI=1S/C19H26N4OS/c1-21(2)18(24)12-17-14-25-19(20-17)16-6-4-5-15(11-16)13-23-9-7-22(3)8-10-23/h4-6,11,14H,7-10,12-13H2,1-3H3. The molecule has 1 amide bonds. The van der Waals surface area contributed by atoms with Gasteiger partial charge in [-0.05, 0) is 18.7 Å². The van der Waals surface area contributed by atoms with Crippen LogP contribution in [0.2, 0.25) is 0 Å². The number of nitrogens with zero attached hydrogens (tertiary/aromatic N) is 4. The van der Waals surface area contributed by atoms with Crippen molar-refractivity contribution in [2.45, 2.75) is 13.0 Å². The maximum absolute atomic E-state index is 11.8. The van der Waals surface area contributed by atoms with Crippen molar-refractivity contribution in [1.82, 2.24) is 19.7 Å². The van der Waals surface area contributed by atoms with Crippen LogP contribution in [0.5, 0.6) is 0 Å². The van der Waals surface area contributed by atoms with E-state index in [4.69, 9.17) is 0 Å². The van der Waals surface area contributed by atoms with E-state index in [1.54, 1.807) is 30.3 Å². The molecule has 2 heterocycles. The maximum Gasteiger partial charge on any atom is 0.228 e. The van der Waals surface area contributed by atoms with Gasteiger partial charge in [-0.3, -0.25) is 9.69 Å². The molecule has 0 spiro atoms. The Labute approximate surface area is 153 Å². The van der Waals surface area contributed by atoms with Crippen molar-refractivity contribution in [3.63, 3.8) is 0 Å². The summed E-state index contributed by atoms with van der Waals surface area (Å²) in [6.07, 6.45) is 0.366. The van der Waals surface area contributed by atoms with Crippen LogP contribution < -0.4 is 0 Å². The Morgan fingerprint density at radius 2 is 2.00 bits per heavy atom. The van der Waals surface area contributed by atoms with E-state index in [0.717, 1.165) is 49.0 Å². The van der Waals surface area contributed by atoms with Gasteiger partial charge in [0.25, 0.3) is 0 Å². The summed E-state index contributed by atoms with van der Waals surface area (Å²) in [5, 5.41) is 2.98. The van der Waals surface area contributed by atoms with Crippen LogP contribution in [0.3, 0.4) is 0 Å². The molecule has 2 aromatic rings. The molecule has 1 aromatic carbocycles. The monoisotopic (exact) mass is 358 g/mol. The molecule has 134 valence electrons. The fraction of sp³-hybridized carbons (Fsp3) is 0.474. The quantitative estimate of drug-likeness (QED) is 0.821. The lowest BCUT2D eigenvalue weighted by atomic mass is 10.1. The van der Waals surface area contributed by atoms with E-state index in [0.29, 0.717) is 6.42 Å². The van der Waals surface area contributed by atoms with Crippen LogP contribution in [0.4, 0.5) is 0 Å². The topological polar surface area (TPSA) is 39.7 Å². The highest BCUT2D eigenvalue weighted by atomic mass is 32.1. The molecule has 3 rings (SSSR count). The average Bonchev–Trinajstić information content (AvgIpc) is 3.06. The minimum Gasteiger partial charge on any atom is -0.348 e. The first-order chi connectivity index (χ1) is 12.0. The number of carbonyl (C=O) groups excluding carboxylic acids is 1. The van der Waals surface area contributed by atoms with Crippen LogP contribution in [0.1, 0.15) is 11.3 Å². The largest absolute Gasteiger partial charge is 0.348 e. The number of carbonyl (C=O) groups is 1. The Morgan fingerprint density at radius 3 is 2.72 bits per heavy atom. The fourth-order valence-corrected chi connectivity index (χ4v) is 3.72. The fourth-order valence-electron chi connectivity index (χ4n) is 2.90. The Morgan fingerprint density at radius 1 is 1.24 bits per heavy atom. The summed E-state index contributed by atoms with van der Waals surface area (Å²) in [6, 6.07) is 8.62. The molecule has 1 fully saturated rings. The molecule has 0 bridgehead atoms. The number of benzene rings is 1. The highest BCUT2D eigenvalue weighted by Crippen LogP contribution is 2.25. The summed E-state index contributed by atoms with van der Waals surface area (Å²) in [7, 11) is 5.73. The third-order valence-electron chi connectivity index (χ3n) is 4.56. The molecule has 0 N–H and O–H groups in total. The van der Waals surface area contributed by atoms with Crippen molar-refractivity contribution < 1.29 is 4.79 Å². The van der Waals surface area contributed by atoms with Gasteiger partial charge in [-0.2, -0.15) is 0 Å². The van der Waals surface area contributed by atoms with Gasteiger partial charge < -0.3 is 9.80 Å². The maximum atomic E-state index is 11.8. The van der Waals surface area contributed by atoms with Gasteiger partial charge in [-0.1, -0.05) is 18.2 Å². The second-order valence-electron chi connectivity index (χ2n) is 6.89. The van der Waals surface area contributed by atoms with Crippen LogP contribution >= 0.6 is 11.3 Å². The van der Waals surface area contributed by atoms with Crippen LogP contribution in [0.15, 0.2) is 29.6 Å². The highest BCUT2D eigenvalue weighted by molar-refractivity contribution is 7.13. The molecule has 0 aliphatic carbocycles. The van der Waals surface area contributed by atoms with Crippen molar-refractivity contribution in [2.24, 2.45) is 0 Å². The third kappa shape index (κ3) is 4.87. The summed E-state index contributed by atoms with van der Waals surface area (Å²) in [5.74, 6) is 0.0840. The Kier molecular flexibility index (Phi) is 5.83. The summed E-state index contributed by atoms with van der Waals surface area (Å²) >= 11 is 1.61. The summed E-state index contributed by atoms with van der Waals surface area (Å²) in [4.78, 5) is 23.0. The Hall–Kier alpha value is -1.76. The van der Waals surface area contributed by atoms with Gasteiger partial charge >= 0.3 is 0 Å². The molecule has 1 saturated heterocycles. The second kappa shape index (κ2) is 8.08. The van der Waals surface area contributed by atoms with Gasteiger partial charge in [0.15, 0.2) is 0 Å². The molecule has 6 heteroatoms. The van der Waals surface area contributed by atoms with Crippen LogP contribution in [-0.4, -0.2) is 72.9 Å². The zero-order valence-electron chi connectivity index (χ0n) is 15.2. The first-order valence-electron chi connectivity index (χ1n) is 8.66. The van der Waals surface area contributed by atoms with E-state index in [1.807, 2.05) is 5.38 Å². The average molecular weight is 359 g/mol. The first-order valence-corrected chi connectivity index (χ1v) is 9.54. The van der Waals surface area contributed by atoms with Gasteiger partial charge in [0, 0.05) is 57.8 Å². The van der Waals surface area contributed by atoms with Crippen molar-refractivity contribution in [2.75, 3.05) is 47.3 Å². The Bertz CT molecular complexity index is 720. The van der Waals surface area contributed by atoms with E-state index in [2.05, 4.69) is 46.1 Å². The van der Waals surface area contributed by atoms with E-state index < -0.39 is 0 Å². The van der Waals surface area contributed by atoms with E-state index in [9.17, 15) is 4.79 Å². The van der Waals surface area contributed by atoms with Crippen LogP contribution in [0.25, 0.3) is 10.6 Å². The van der Waals surface area contributed by atoms with Gasteiger partial charge in [0.1, 0.15) is 5.01 Å². The van der Waals surface area contributed by atoms with Crippen LogP contribution in [0, 0.1) is 0 Å². The zero-order valence-corrected chi connectivity index (χ0v) is 16.1. The Balaban J connectivity index is 1.67. The predicted octanol–water partition coefficient (Wildman–Crippen LogP) is 2.19.